The number of benzene rings is 5. The van der Waals surface area contributed by atoms with E-state index in [1.54, 1.807) is 24.3 Å². The van der Waals surface area contributed by atoms with E-state index >= 15 is 0 Å². The molecule has 0 unspecified atom stereocenters. The van der Waals surface area contributed by atoms with Crippen LogP contribution in [0.25, 0.3) is 21.9 Å². The van der Waals surface area contributed by atoms with E-state index in [9.17, 15) is 44.0 Å². The van der Waals surface area contributed by atoms with Crippen molar-refractivity contribution >= 4 is 75.3 Å². The Kier molecular flexibility index (Phi) is 16.2. The molecule has 54 heavy (non-hydrogen) atoms. The third-order valence-corrected chi connectivity index (χ3v) is 9.80. The maximum absolute atomic E-state index is 13.0. The molecular weight excluding hydrogens is 802 g/mol. The van der Waals surface area contributed by atoms with Crippen molar-refractivity contribution in [2.75, 3.05) is 25.7 Å². The van der Waals surface area contributed by atoms with Gasteiger partial charge in [-0.3, -0.25) is 4.55 Å². The van der Waals surface area contributed by atoms with Gasteiger partial charge >= 0.3 is 88.7 Å². The van der Waals surface area contributed by atoms with E-state index in [0.717, 1.165) is 36.4 Å². The van der Waals surface area contributed by atoms with Gasteiger partial charge in [0.1, 0.15) is 48.8 Å². The van der Waals surface area contributed by atoms with Crippen molar-refractivity contribution in [2.24, 2.45) is 20.5 Å². The number of nitrogens with zero attached hydrogens (tertiary/aromatic N) is 4. The van der Waals surface area contributed by atoms with Gasteiger partial charge in [0.25, 0.3) is 10.1 Å². The van der Waals surface area contributed by atoms with Crippen LogP contribution in [0.15, 0.2) is 108 Å². The molecule has 266 valence electrons. The van der Waals surface area contributed by atoms with E-state index < -0.39 is 56.5 Å². The first-order valence-electron chi connectivity index (χ1n) is 13.9. The molecule has 0 heterocycles. The molecule has 0 atom stereocenters. The van der Waals surface area contributed by atoms with Gasteiger partial charge in [-0.2, -0.15) is 13.5 Å². The van der Waals surface area contributed by atoms with Crippen molar-refractivity contribution in [3.8, 4) is 28.4 Å². The van der Waals surface area contributed by atoms with Gasteiger partial charge in [-0.15, -0.1) is 15.3 Å². The zero-order chi connectivity index (χ0) is 37.5. The van der Waals surface area contributed by atoms with Crippen LogP contribution in [-0.2, 0) is 30.4 Å². The molecule has 5 aromatic carbocycles. The van der Waals surface area contributed by atoms with Gasteiger partial charge in [-0.1, -0.05) is 23.9 Å². The van der Waals surface area contributed by atoms with E-state index in [1.165, 1.54) is 26.4 Å². The number of nitrogens with two attached hydrogens (primary N) is 2. The van der Waals surface area contributed by atoms with Gasteiger partial charge in [0, 0.05) is 5.39 Å². The summed E-state index contributed by atoms with van der Waals surface area (Å²) in [4.78, 5) is -2.52. The molecule has 0 saturated heterocycles. The molecule has 0 aliphatic heterocycles. The summed E-state index contributed by atoms with van der Waals surface area (Å²) >= 11 is 0. The van der Waals surface area contributed by atoms with Gasteiger partial charge < -0.3 is 35.2 Å². The molecule has 5 N–H and O–H groups in total. The van der Waals surface area contributed by atoms with Gasteiger partial charge in [-0.25, -0.2) is 16.8 Å². The molecule has 5 aromatic rings. The standard InChI is InChI=1S/C30H26N6O12S3.3Na/c1-47-25-10-15(3-7-22(25)33-35-24-14-27(50(41,42)43)21(32)13-20(24)31)16-4-8-23(26(11-16)48-2)34-36-29-19-6-5-18(49(38,39)40)9-17(19)12-28(30(29)37)51(44,45)46;;;/h3-14,37H,31-32H2,1-2H3,(H,38,39,40)(H,41,42,43)(H,44,45,46);;;/q;3*+1/p-3. The van der Waals surface area contributed by atoms with Crippen LogP contribution in [0.4, 0.5) is 34.1 Å². The minimum atomic E-state index is -5.10. The van der Waals surface area contributed by atoms with Crippen molar-refractivity contribution in [1.82, 2.24) is 0 Å². The van der Waals surface area contributed by atoms with E-state index in [4.69, 9.17) is 20.9 Å². The van der Waals surface area contributed by atoms with Gasteiger partial charge in [-0.05, 0) is 71.1 Å². The molecule has 0 spiro atoms. The molecule has 5 rings (SSSR count). The van der Waals surface area contributed by atoms with Crippen LogP contribution < -0.4 is 115 Å². The summed E-state index contributed by atoms with van der Waals surface area (Å²) in [5, 5.41) is 28.8. The number of hydrogen-bond donors (Lipinski definition) is 3. The van der Waals surface area contributed by atoms with Crippen LogP contribution in [0.5, 0.6) is 17.2 Å². The van der Waals surface area contributed by atoms with Gasteiger partial charge in [0.05, 0.1) is 46.0 Å². The van der Waals surface area contributed by atoms with Crippen LogP contribution in [0.2, 0.25) is 0 Å². The van der Waals surface area contributed by atoms with E-state index in [1.807, 2.05) is 0 Å². The van der Waals surface area contributed by atoms with Gasteiger partial charge in [0.2, 0.25) is 0 Å². The fourth-order valence-electron chi connectivity index (χ4n) is 4.77. The molecule has 0 saturated carbocycles. The Morgan fingerprint density at radius 3 is 1.61 bits per heavy atom. The normalized spacial score (nSPS) is 11.9. The Labute approximate surface area is 375 Å². The minimum absolute atomic E-state index is 0. The summed E-state index contributed by atoms with van der Waals surface area (Å²) < 4.78 is 114. The molecule has 0 radical (unpaired) electrons. The van der Waals surface area contributed by atoms with Crippen molar-refractivity contribution < 1.29 is 142 Å². The van der Waals surface area contributed by atoms with Crippen molar-refractivity contribution in [3.05, 3.63) is 72.8 Å². The molecule has 0 aromatic heterocycles. The Hall–Kier alpha value is -2.71. The second-order valence-corrected chi connectivity index (χ2v) is 14.6. The van der Waals surface area contributed by atoms with Crippen LogP contribution >= 0.6 is 0 Å². The molecule has 0 aliphatic rings. The fraction of sp³-hybridized carbons (Fsp3) is 0.0667. The third-order valence-electron chi connectivity index (χ3n) is 7.21. The summed E-state index contributed by atoms with van der Waals surface area (Å²) in [7, 11) is -12.3. The van der Waals surface area contributed by atoms with Crippen molar-refractivity contribution in [2.45, 2.75) is 14.7 Å². The predicted octanol–water partition coefficient (Wildman–Crippen LogP) is -4.34. The SMILES string of the molecule is COc1cc(-c2ccc(N=Nc3c([O-])c(S(=O)(=O)O)cc4cc(S(=O)(=O)[O-])ccc34)c(OC)c2)ccc1N=Nc1cc(S(=O)(=O)[O-])c(N)cc1N.[Na+].[Na+].[Na+]. The first-order chi connectivity index (χ1) is 23.8. The number of azo groups is 2. The van der Waals surface area contributed by atoms with Crippen LogP contribution in [-0.4, -0.2) is 53.1 Å². The number of methoxy groups -OCH3 is 2. The maximum atomic E-state index is 13.0. The third kappa shape index (κ3) is 10.6. The van der Waals surface area contributed by atoms with E-state index in [0.29, 0.717) is 11.1 Å². The topological polar surface area (TPSA) is 312 Å². The van der Waals surface area contributed by atoms with E-state index in [-0.39, 0.29) is 139 Å². The number of anilines is 2. The van der Waals surface area contributed by atoms with Crippen LogP contribution in [0.1, 0.15) is 0 Å². The molecular formula is C30H23N6Na3O12S3. The quantitative estimate of drug-likeness (QED) is 0.0519. The largest absolute Gasteiger partial charge is 1.00 e. The van der Waals surface area contributed by atoms with Crippen molar-refractivity contribution in [1.29, 1.82) is 0 Å². The number of rotatable bonds is 10. The van der Waals surface area contributed by atoms with Crippen molar-refractivity contribution in [3.63, 3.8) is 0 Å². The Bertz CT molecular complexity index is 2650. The Balaban J connectivity index is 0.00000336. The number of hydrogen-bond acceptors (Lipinski definition) is 17. The Morgan fingerprint density at radius 2 is 1.13 bits per heavy atom. The molecule has 0 bridgehead atoms. The minimum Gasteiger partial charge on any atom is -0.870 e. The molecule has 0 amide bonds. The fourth-order valence-corrected chi connectivity index (χ4v) is 6.48. The predicted molar refractivity (Wildman–Crippen MR) is 178 cm³/mol. The molecule has 0 aliphatic carbocycles. The molecule has 0 fully saturated rings. The summed E-state index contributed by atoms with van der Waals surface area (Å²) in [6.07, 6.45) is 0. The molecule has 18 nitrogen and oxygen atoms in total. The monoisotopic (exact) mass is 824 g/mol. The van der Waals surface area contributed by atoms with Crippen LogP contribution in [0.3, 0.4) is 0 Å². The number of nitrogen functional groups attached to an aromatic ring is 2. The average Bonchev–Trinajstić information content (AvgIpc) is 3.05. The summed E-state index contributed by atoms with van der Waals surface area (Å²) in [6, 6.07) is 14.9. The first kappa shape index (κ1) is 47.4. The van der Waals surface area contributed by atoms with Gasteiger partial charge in [0.15, 0.2) is 0 Å². The molecule has 24 heteroatoms. The zero-order valence-electron chi connectivity index (χ0n) is 29.0. The number of ether oxygens (including phenoxy) is 2. The average molecular weight is 825 g/mol. The maximum Gasteiger partial charge on any atom is 1.00 e. The van der Waals surface area contributed by atoms with E-state index in [2.05, 4.69) is 20.5 Å². The summed E-state index contributed by atoms with van der Waals surface area (Å²) in [6.45, 7) is 0. The zero-order valence-corrected chi connectivity index (χ0v) is 37.5. The van der Waals surface area contributed by atoms with Crippen LogP contribution in [0, 0.1) is 0 Å². The summed E-state index contributed by atoms with van der Waals surface area (Å²) in [5.41, 5.74) is 11.8. The summed E-state index contributed by atoms with van der Waals surface area (Å²) in [5.74, 6) is -0.864. The Morgan fingerprint density at radius 1 is 0.611 bits per heavy atom. The number of fused-ring (bicyclic) bond motifs is 1. The smallest absolute Gasteiger partial charge is 0.870 e. The second kappa shape index (κ2) is 18.5. The first-order valence-corrected chi connectivity index (χ1v) is 18.1. The second-order valence-electron chi connectivity index (χ2n) is 10.4.